The Morgan fingerprint density at radius 2 is 2.12 bits per heavy atom. The summed E-state index contributed by atoms with van der Waals surface area (Å²) >= 11 is 0. The first kappa shape index (κ1) is 16.4. The van der Waals surface area contributed by atoms with E-state index in [-0.39, 0.29) is 5.91 Å². The third-order valence-electron chi connectivity index (χ3n) is 4.21. The zero-order chi connectivity index (χ0) is 16.8. The number of carbonyl (C=O) groups excluding carboxylic acids is 1. The summed E-state index contributed by atoms with van der Waals surface area (Å²) < 4.78 is 0. The van der Waals surface area contributed by atoms with Gasteiger partial charge in [0.1, 0.15) is 11.6 Å². The van der Waals surface area contributed by atoms with Crippen LogP contribution >= 0.6 is 0 Å². The van der Waals surface area contributed by atoms with Gasteiger partial charge >= 0.3 is 0 Å². The smallest absolute Gasteiger partial charge is 0.231 e. The molecule has 1 amide bonds. The van der Waals surface area contributed by atoms with Crippen LogP contribution in [-0.4, -0.2) is 40.4 Å². The lowest BCUT2D eigenvalue weighted by molar-refractivity contribution is -0.119. The molecule has 0 bridgehead atoms. The summed E-state index contributed by atoms with van der Waals surface area (Å²) in [6.45, 7) is 2.21. The number of anilines is 2. The first-order valence-corrected chi connectivity index (χ1v) is 8.34. The van der Waals surface area contributed by atoms with E-state index in [1.165, 1.54) is 0 Å². The quantitative estimate of drug-likeness (QED) is 0.848. The van der Waals surface area contributed by atoms with Crippen LogP contribution < -0.4 is 11.1 Å². The molecule has 3 N–H and O–H groups in total. The fourth-order valence-corrected chi connectivity index (χ4v) is 3.21. The number of nitrogens with two attached hydrogens (primary N) is 1. The first-order chi connectivity index (χ1) is 11.7. The Bertz CT molecular complexity index is 676. The zero-order valence-electron chi connectivity index (χ0n) is 13.7. The monoisotopic (exact) mass is 325 g/mol. The molecule has 1 aliphatic heterocycles. The SMILES string of the molecule is NC(=O)CN1CCC[C@@H](Cc2cccc(Nc3ccccn3)n2)C1. The average Bonchev–Trinajstić information content (AvgIpc) is 2.56. The van der Waals surface area contributed by atoms with Crippen molar-refractivity contribution in [3.8, 4) is 0 Å². The maximum Gasteiger partial charge on any atom is 0.231 e. The van der Waals surface area contributed by atoms with Gasteiger partial charge in [-0.3, -0.25) is 9.69 Å². The highest BCUT2D eigenvalue weighted by Crippen LogP contribution is 2.21. The molecule has 126 valence electrons. The number of carbonyl (C=O) groups is 1. The van der Waals surface area contributed by atoms with E-state index < -0.39 is 0 Å². The third kappa shape index (κ3) is 4.76. The normalized spacial score (nSPS) is 18.2. The van der Waals surface area contributed by atoms with E-state index in [4.69, 9.17) is 5.73 Å². The molecule has 3 heterocycles. The van der Waals surface area contributed by atoms with Crippen molar-refractivity contribution < 1.29 is 4.79 Å². The van der Waals surface area contributed by atoms with Crippen LogP contribution in [0, 0.1) is 5.92 Å². The van der Waals surface area contributed by atoms with Crippen molar-refractivity contribution in [3.63, 3.8) is 0 Å². The van der Waals surface area contributed by atoms with Crippen LogP contribution in [0.5, 0.6) is 0 Å². The molecular formula is C18H23N5O. The summed E-state index contributed by atoms with van der Waals surface area (Å²) in [5.74, 6) is 1.84. The van der Waals surface area contributed by atoms with Gasteiger partial charge in [0.25, 0.3) is 0 Å². The number of nitrogens with one attached hydrogen (secondary N) is 1. The van der Waals surface area contributed by atoms with Crippen molar-refractivity contribution >= 4 is 17.5 Å². The molecular weight excluding hydrogens is 302 g/mol. The van der Waals surface area contributed by atoms with Crippen LogP contribution in [0.25, 0.3) is 0 Å². The molecule has 3 rings (SSSR count). The summed E-state index contributed by atoms with van der Waals surface area (Å²) in [7, 11) is 0. The van der Waals surface area contributed by atoms with Crippen LogP contribution in [0.1, 0.15) is 18.5 Å². The van der Waals surface area contributed by atoms with E-state index in [0.29, 0.717) is 12.5 Å². The Hall–Kier alpha value is -2.47. The topological polar surface area (TPSA) is 84.1 Å². The number of piperidine rings is 1. The van der Waals surface area contributed by atoms with Crippen molar-refractivity contribution in [2.24, 2.45) is 11.7 Å². The highest BCUT2D eigenvalue weighted by atomic mass is 16.1. The Labute approximate surface area is 142 Å². The number of nitrogens with zero attached hydrogens (tertiary/aromatic N) is 3. The van der Waals surface area contributed by atoms with Gasteiger partial charge in [-0.05, 0) is 56.0 Å². The lowest BCUT2D eigenvalue weighted by Crippen LogP contribution is -2.41. The van der Waals surface area contributed by atoms with Crippen LogP contribution in [0.3, 0.4) is 0 Å². The number of primary amides is 1. The second-order valence-electron chi connectivity index (χ2n) is 6.27. The molecule has 2 aromatic heterocycles. The minimum atomic E-state index is -0.254. The van der Waals surface area contributed by atoms with Gasteiger partial charge in [-0.2, -0.15) is 0 Å². The molecule has 2 aromatic rings. The molecule has 0 saturated carbocycles. The molecule has 1 saturated heterocycles. The average molecular weight is 325 g/mol. The van der Waals surface area contributed by atoms with Crippen LogP contribution in [0.15, 0.2) is 42.6 Å². The van der Waals surface area contributed by atoms with E-state index in [9.17, 15) is 4.79 Å². The predicted molar refractivity (Wildman–Crippen MR) is 93.8 cm³/mol. The van der Waals surface area contributed by atoms with Gasteiger partial charge in [-0.1, -0.05) is 12.1 Å². The van der Waals surface area contributed by atoms with Gasteiger partial charge in [-0.25, -0.2) is 9.97 Å². The molecule has 1 fully saturated rings. The second-order valence-corrected chi connectivity index (χ2v) is 6.27. The molecule has 1 atom stereocenters. The highest BCUT2D eigenvalue weighted by Gasteiger charge is 2.21. The number of likely N-dealkylation sites (tertiary alicyclic amines) is 1. The van der Waals surface area contributed by atoms with Crippen molar-refractivity contribution in [1.29, 1.82) is 0 Å². The number of rotatable bonds is 6. The molecule has 0 aliphatic carbocycles. The number of aromatic nitrogens is 2. The van der Waals surface area contributed by atoms with Gasteiger partial charge in [0.05, 0.1) is 6.54 Å². The zero-order valence-corrected chi connectivity index (χ0v) is 13.7. The molecule has 0 unspecified atom stereocenters. The van der Waals surface area contributed by atoms with E-state index in [1.54, 1.807) is 6.20 Å². The van der Waals surface area contributed by atoms with Crippen molar-refractivity contribution in [1.82, 2.24) is 14.9 Å². The van der Waals surface area contributed by atoms with Crippen LogP contribution in [-0.2, 0) is 11.2 Å². The molecule has 0 aromatic carbocycles. The summed E-state index contributed by atoms with van der Waals surface area (Å²) in [6, 6.07) is 11.7. The molecule has 0 spiro atoms. The lowest BCUT2D eigenvalue weighted by Gasteiger charge is -2.31. The Balaban J connectivity index is 1.61. The minimum absolute atomic E-state index is 0.254. The summed E-state index contributed by atoms with van der Waals surface area (Å²) in [6.07, 6.45) is 4.92. The maximum atomic E-state index is 11.1. The number of amides is 1. The van der Waals surface area contributed by atoms with Crippen molar-refractivity contribution in [2.75, 3.05) is 25.0 Å². The molecule has 24 heavy (non-hydrogen) atoms. The fourth-order valence-electron chi connectivity index (χ4n) is 3.21. The molecule has 6 nitrogen and oxygen atoms in total. The van der Waals surface area contributed by atoms with E-state index in [2.05, 4.69) is 26.3 Å². The van der Waals surface area contributed by atoms with E-state index in [1.807, 2.05) is 30.3 Å². The van der Waals surface area contributed by atoms with Crippen molar-refractivity contribution in [2.45, 2.75) is 19.3 Å². The highest BCUT2D eigenvalue weighted by molar-refractivity contribution is 5.75. The van der Waals surface area contributed by atoms with E-state index in [0.717, 1.165) is 49.7 Å². The van der Waals surface area contributed by atoms with E-state index >= 15 is 0 Å². The molecule has 6 heteroatoms. The molecule has 1 aliphatic rings. The fraction of sp³-hybridized carbons (Fsp3) is 0.389. The predicted octanol–water partition coefficient (Wildman–Crippen LogP) is 1.96. The summed E-state index contributed by atoms with van der Waals surface area (Å²) in [4.78, 5) is 22.2. The second kappa shape index (κ2) is 7.88. The standard InChI is InChI=1S/C18H23N5O/c19-16(24)13-23-10-4-5-14(12-23)11-15-6-3-8-18(21-15)22-17-7-1-2-9-20-17/h1-3,6-9,14H,4-5,10-13H2,(H2,19,24)(H,20,21,22)/t14-/m0/s1. The van der Waals surface area contributed by atoms with Gasteiger partial charge in [-0.15, -0.1) is 0 Å². The number of pyridine rings is 2. The Kier molecular flexibility index (Phi) is 5.38. The third-order valence-corrected chi connectivity index (χ3v) is 4.21. The van der Waals surface area contributed by atoms with Crippen molar-refractivity contribution in [3.05, 3.63) is 48.3 Å². The largest absolute Gasteiger partial charge is 0.369 e. The minimum Gasteiger partial charge on any atom is -0.369 e. The maximum absolute atomic E-state index is 11.1. The Morgan fingerprint density at radius 1 is 1.25 bits per heavy atom. The summed E-state index contributed by atoms with van der Waals surface area (Å²) in [5, 5.41) is 3.22. The van der Waals surface area contributed by atoms with Crippen LogP contribution in [0.2, 0.25) is 0 Å². The molecule has 0 radical (unpaired) electrons. The summed E-state index contributed by atoms with van der Waals surface area (Å²) in [5.41, 5.74) is 6.36. The van der Waals surface area contributed by atoms with Gasteiger partial charge in [0.15, 0.2) is 0 Å². The van der Waals surface area contributed by atoms with Gasteiger partial charge in [0.2, 0.25) is 5.91 Å². The van der Waals surface area contributed by atoms with Gasteiger partial charge < -0.3 is 11.1 Å². The van der Waals surface area contributed by atoms with Crippen LogP contribution in [0.4, 0.5) is 11.6 Å². The number of hydrogen-bond donors (Lipinski definition) is 2. The van der Waals surface area contributed by atoms with Gasteiger partial charge in [0, 0.05) is 18.4 Å². The first-order valence-electron chi connectivity index (χ1n) is 8.34. The lowest BCUT2D eigenvalue weighted by atomic mass is 9.93. The Morgan fingerprint density at radius 3 is 2.92 bits per heavy atom. The number of hydrogen-bond acceptors (Lipinski definition) is 5.